The SMILES string of the molecule is O=C(NCC1(O)CCCCCC1)c1scnc1C1CC1. The Morgan fingerprint density at radius 1 is 1.35 bits per heavy atom. The van der Waals surface area contributed by atoms with Crippen molar-refractivity contribution >= 4 is 17.2 Å². The average Bonchev–Trinajstić information content (AvgIpc) is 3.21. The number of thiazole rings is 1. The summed E-state index contributed by atoms with van der Waals surface area (Å²) in [5.41, 5.74) is 2.00. The summed E-state index contributed by atoms with van der Waals surface area (Å²) in [5.74, 6) is 0.426. The second-order valence-corrected chi connectivity index (χ2v) is 7.02. The van der Waals surface area contributed by atoms with Crippen LogP contribution in [0.4, 0.5) is 0 Å². The molecule has 0 aromatic carbocycles. The molecule has 110 valence electrons. The molecule has 0 aliphatic heterocycles. The highest BCUT2D eigenvalue weighted by Crippen LogP contribution is 2.41. The number of amides is 1. The standard InChI is InChI=1S/C15H22N2O2S/c18-14(13-12(11-5-6-11)17-10-20-13)16-9-15(19)7-3-1-2-4-8-15/h10-11,19H,1-9H2,(H,16,18). The van der Waals surface area contributed by atoms with Crippen LogP contribution in [0.1, 0.15) is 72.7 Å². The van der Waals surface area contributed by atoms with E-state index in [0.717, 1.165) is 49.1 Å². The van der Waals surface area contributed by atoms with E-state index < -0.39 is 5.60 Å². The Hall–Kier alpha value is -0.940. The molecule has 4 nitrogen and oxygen atoms in total. The van der Waals surface area contributed by atoms with Crippen molar-refractivity contribution in [2.75, 3.05) is 6.54 Å². The van der Waals surface area contributed by atoms with E-state index in [1.165, 1.54) is 24.2 Å². The van der Waals surface area contributed by atoms with Crippen molar-refractivity contribution in [2.24, 2.45) is 0 Å². The lowest BCUT2D eigenvalue weighted by molar-refractivity contribution is 0.0247. The maximum atomic E-state index is 12.3. The molecule has 3 rings (SSSR count). The molecule has 2 fully saturated rings. The molecule has 2 aliphatic rings. The van der Waals surface area contributed by atoms with E-state index in [4.69, 9.17) is 0 Å². The lowest BCUT2D eigenvalue weighted by atomic mass is 9.94. The van der Waals surface area contributed by atoms with Crippen LogP contribution in [0.2, 0.25) is 0 Å². The summed E-state index contributed by atoms with van der Waals surface area (Å²) in [6.07, 6.45) is 8.38. The molecule has 1 heterocycles. The maximum absolute atomic E-state index is 12.3. The number of carbonyl (C=O) groups is 1. The fourth-order valence-electron chi connectivity index (χ4n) is 2.96. The highest BCUT2D eigenvalue weighted by molar-refractivity contribution is 7.11. The van der Waals surface area contributed by atoms with Crippen LogP contribution in [-0.2, 0) is 0 Å². The van der Waals surface area contributed by atoms with Gasteiger partial charge < -0.3 is 10.4 Å². The van der Waals surface area contributed by atoms with Gasteiger partial charge in [0.05, 0.1) is 16.8 Å². The largest absolute Gasteiger partial charge is 0.388 e. The molecule has 1 aromatic heterocycles. The molecule has 0 radical (unpaired) electrons. The average molecular weight is 294 g/mol. The van der Waals surface area contributed by atoms with E-state index in [1.807, 2.05) is 0 Å². The van der Waals surface area contributed by atoms with Gasteiger partial charge in [-0.05, 0) is 25.7 Å². The Morgan fingerprint density at radius 2 is 2.05 bits per heavy atom. The lowest BCUT2D eigenvalue weighted by Gasteiger charge is -2.26. The van der Waals surface area contributed by atoms with Crippen LogP contribution < -0.4 is 5.32 Å². The summed E-state index contributed by atoms with van der Waals surface area (Å²) in [6.45, 7) is 0.369. The summed E-state index contributed by atoms with van der Waals surface area (Å²) in [4.78, 5) is 17.3. The van der Waals surface area contributed by atoms with Crippen molar-refractivity contribution in [1.29, 1.82) is 0 Å². The van der Waals surface area contributed by atoms with Gasteiger partial charge in [-0.1, -0.05) is 25.7 Å². The van der Waals surface area contributed by atoms with Crippen LogP contribution in [0.5, 0.6) is 0 Å². The number of rotatable bonds is 4. The predicted molar refractivity (Wildman–Crippen MR) is 79.1 cm³/mol. The quantitative estimate of drug-likeness (QED) is 0.839. The zero-order chi connectivity index (χ0) is 14.0. The van der Waals surface area contributed by atoms with E-state index in [9.17, 15) is 9.90 Å². The molecule has 0 spiro atoms. The number of carbonyl (C=O) groups excluding carboxylic acids is 1. The summed E-state index contributed by atoms with van der Waals surface area (Å²) in [5, 5.41) is 13.5. The first kappa shape index (κ1) is 14.0. The van der Waals surface area contributed by atoms with Gasteiger partial charge in [-0.2, -0.15) is 0 Å². The van der Waals surface area contributed by atoms with E-state index in [0.29, 0.717) is 12.5 Å². The van der Waals surface area contributed by atoms with Gasteiger partial charge in [0, 0.05) is 12.5 Å². The van der Waals surface area contributed by atoms with Gasteiger partial charge in [0.25, 0.3) is 5.91 Å². The third-order valence-electron chi connectivity index (χ3n) is 4.38. The normalized spacial score (nSPS) is 22.2. The van der Waals surface area contributed by atoms with Crippen LogP contribution in [0.15, 0.2) is 5.51 Å². The lowest BCUT2D eigenvalue weighted by Crippen LogP contribution is -2.42. The van der Waals surface area contributed by atoms with Crippen LogP contribution in [-0.4, -0.2) is 28.1 Å². The molecule has 0 unspecified atom stereocenters. The van der Waals surface area contributed by atoms with Crippen molar-refractivity contribution in [3.05, 3.63) is 16.1 Å². The molecular weight excluding hydrogens is 272 g/mol. The molecule has 0 atom stereocenters. The topological polar surface area (TPSA) is 62.2 Å². The van der Waals surface area contributed by atoms with Crippen LogP contribution in [0, 0.1) is 0 Å². The Morgan fingerprint density at radius 3 is 2.70 bits per heavy atom. The molecule has 1 aromatic rings. The number of aromatic nitrogens is 1. The minimum Gasteiger partial charge on any atom is -0.388 e. The van der Waals surface area contributed by atoms with Gasteiger partial charge in [-0.25, -0.2) is 4.98 Å². The van der Waals surface area contributed by atoms with Gasteiger partial charge in [-0.3, -0.25) is 4.79 Å². The van der Waals surface area contributed by atoms with Gasteiger partial charge in [-0.15, -0.1) is 11.3 Å². The number of aliphatic hydroxyl groups is 1. The second kappa shape index (κ2) is 5.82. The molecule has 1 amide bonds. The predicted octanol–water partition coefficient (Wildman–Crippen LogP) is 2.84. The van der Waals surface area contributed by atoms with Gasteiger partial charge in [0.2, 0.25) is 0 Å². The summed E-state index contributed by atoms with van der Waals surface area (Å²) < 4.78 is 0. The fraction of sp³-hybridized carbons (Fsp3) is 0.733. The zero-order valence-corrected chi connectivity index (χ0v) is 12.5. The molecule has 0 bridgehead atoms. The van der Waals surface area contributed by atoms with Crippen molar-refractivity contribution in [2.45, 2.75) is 62.9 Å². The number of nitrogens with one attached hydrogen (secondary N) is 1. The number of nitrogens with zero attached hydrogens (tertiary/aromatic N) is 1. The van der Waals surface area contributed by atoms with Crippen molar-refractivity contribution in [3.63, 3.8) is 0 Å². The van der Waals surface area contributed by atoms with Crippen molar-refractivity contribution < 1.29 is 9.90 Å². The molecule has 2 aliphatic carbocycles. The third-order valence-corrected chi connectivity index (χ3v) is 5.22. The third kappa shape index (κ3) is 3.20. The summed E-state index contributed by atoms with van der Waals surface area (Å²) in [6, 6.07) is 0. The minimum absolute atomic E-state index is 0.0629. The second-order valence-electron chi connectivity index (χ2n) is 6.16. The highest BCUT2D eigenvalue weighted by atomic mass is 32.1. The molecule has 2 N–H and O–H groups in total. The zero-order valence-electron chi connectivity index (χ0n) is 11.7. The van der Waals surface area contributed by atoms with Crippen LogP contribution in [0.25, 0.3) is 0 Å². The molecule has 20 heavy (non-hydrogen) atoms. The van der Waals surface area contributed by atoms with Crippen LogP contribution >= 0.6 is 11.3 Å². The molecule has 2 saturated carbocycles. The summed E-state index contributed by atoms with van der Waals surface area (Å²) in [7, 11) is 0. The molecule has 0 saturated heterocycles. The van der Waals surface area contributed by atoms with E-state index in [1.54, 1.807) is 5.51 Å². The first-order valence-electron chi connectivity index (χ1n) is 7.62. The molecular formula is C15H22N2O2S. The Kier molecular flexibility index (Phi) is 4.08. The van der Waals surface area contributed by atoms with Crippen LogP contribution in [0.3, 0.4) is 0 Å². The van der Waals surface area contributed by atoms with E-state index in [2.05, 4.69) is 10.3 Å². The fourth-order valence-corrected chi connectivity index (χ4v) is 3.75. The van der Waals surface area contributed by atoms with Crippen molar-refractivity contribution in [3.8, 4) is 0 Å². The summed E-state index contributed by atoms with van der Waals surface area (Å²) >= 11 is 1.41. The Labute approximate surface area is 123 Å². The Balaban J connectivity index is 1.59. The number of hydrogen-bond donors (Lipinski definition) is 2. The first-order valence-corrected chi connectivity index (χ1v) is 8.50. The smallest absolute Gasteiger partial charge is 0.263 e. The molecule has 5 heteroatoms. The Bertz CT molecular complexity index is 474. The maximum Gasteiger partial charge on any atom is 0.263 e. The van der Waals surface area contributed by atoms with Crippen molar-refractivity contribution in [1.82, 2.24) is 10.3 Å². The monoisotopic (exact) mass is 294 g/mol. The minimum atomic E-state index is -0.712. The highest BCUT2D eigenvalue weighted by Gasteiger charge is 2.32. The van der Waals surface area contributed by atoms with E-state index in [-0.39, 0.29) is 5.91 Å². The van der Waals surface area contributed by atoms with Gasteiger partial charge in [0.15, 0.2) is 0 Å². The van der Waals surface area contributed by atoms with E-state index >= 15 is 0 Å². The van der Waals surface area contributed by atoms with Gasteiger partial charge >= 0.3 is 0 Å². The van der Waals surface area contributed by atoms with Gasteiger partial charge in [0.1, 0.15) is 4.88 Å². The first-order chi connectivity index (χ1) is 9.68. The number of hydrogen-bond acceptors (Lipinski definition) is 4.